The van der Waals surface area contributed by atoms with Crippen LogP contribution in [-0.2, 0) is 4.79 Å². The lowest BCUT2D eigenvalue weighted by Gasteiger charge is -2.31. The Hall–Kier alpha value is -2.22. The Kier molecular flexibility index (Phi) is 5.80. The Morgan fingerprint density at radius 1 is 1.16 bits per heavy atom. The third kappa shape index (κ3) is 4.66. The first kappa shape index (κ1) is 17.6. The van der Waals surface area contributed by atoms with Crippen LogP contribution >= 0.6 is 0 Å². The average Bonchev–Trinajstić information content (AvgIpc) is 3.17. The lowest BCUT2D eigenvalue weighted by atomic mass is 9.97. The summed E-state index contributed by atoms with van der Waals surface area (Å²) in [5.41, 5.74) is 5.86. The van der Waals surface area contributed by atoms with Crippen LogP contribution in [0.2, 0.25) is 0 Å². The quantitative estimate of drug-likeness (QED) is 0.751. The van der Waals surface area contributed by atoms with Crippen LogP contribution in [0.4, 0.5) is 5.95 Å². The van der Waals surface area contributed by atoms with Crippen LogP contribution in [0.25, 0.3) is 0 Å². The number of nitrogens with one attached hydrogen (secondary N) is 1. The van der Waals surface area contributed by atoms with Crippen molar-refractivity contribution in [3.8, 4) is 0 Å². The van der Waals surface area contributed by atoms with Crippen molar-refractivity contribution in [3.63, 3.8) is 0 Å². The molecule has 2 aliphatic heterocycles. The molecule has 0 radical (unpaired) electrons. The van der Waals surface area contributed by atoms with E-state index in [1.165, 1.54) is 12.8 Å². The summed E-state index contributed by atoms with van der Waals surface area (Å²) in [4.78, 5) is 36.4. The normalized spacial score (nSPS) is 21.3. The van der Waals surface area contributed by atoms with E-state index in [1.54, 1.807) is 12.4 Å². The largest absolute Gasteiger partial charge is 0.369 e. The number of aromatic nitrogens is 2. The third-order valence-corrected chi connectivity index (χ3v) is 4.91. The number of carbonyl (C=O) groups is 2. The fourth-order valence-corrected chi connectivity index (χ4v) is 3.44. The van der Waals surface area contributed by atoms with Gasteiger partial charge in [0, 0.05) is 45.1 Å². The van der Waals surface area contributed by atoms with E-state index in [1.807, 2.05) is 0 Å². The van der Waals surface area contributed by atoms with E-state index in [-0.39, 0.29) is 17.7 Å². The highest BCUT2D eigenvalue weighted by Gasteiger charge is 2.23. The molecule has 0 aliphatic carbocycles. The fourth-order valence-electron chi connectivity index (χ4n) is 3.44. The molecule has 3 N–H and O–H groups in total. The summed E-state index contributed by atoms with van der Waals surface area (Å²) in [6.45, 7) is 4.81. The van der Waals surface area contributed by atoms with Gasteiger partial charge in [0.25, 0.3) is 5.91 Å². The number of piperidine rings is 1. The monoisotopic (exact) mass is 346 g/mol. The summed E-state index contributed by atoms with van der Waals surface area (Å²) >= 11 is 0. The minimum Gasteiger partial charge on any atom is -0.369 e. The highest BCUT2D eigenvalue weighted by atomic mass is 16.2. The molecule has 25 heavy (non-hydrogen) atoms. The van der Waals surface area contributed by atoms with Gasteiger partial charge in [0.15, 0.2) is 0 Å². The smallest absolute Gasteiger partial charge is 0.254 e. The lowest BCUT2D eigenvalue weighted by Crippen LogP contribution is -2.44. The molecule has 0 saturated carbocycles. The van der Waals surface area contributed by atoms with E-state index in [0.717, 1.165) is 32.5 Å². The van der Waals surface area contributed by atoms with Crippen LogP contribution in [0.15, 0.2) is 12.4 Å². The van der Waals surface area contributed by atoms with E-state index in [2.05, 4.69) is 25.1 Å². The van der Waals surface area contributed by atoms with Crippen LogP contribution in [0.5, 0.6) is 0 Å². The van der Waals surface area contributed by atoms with Crippen molar-refractivity contribution in [2.45, 2.75) is 25.7 Å². The highest BCUT2D eigenvalue weighted by Crippen LogP contribution is 2.16. The summed E-state index contributed by atoms with van der Waals surface area (Å²) in [7, 11) is 0. The maximum absolute atomic E-state index is 12.2. The number of nitrogens with zero attached hydrogens (tertiary/aromatic N) is 4. The lowest BCUT2D eigenvalue weighted by molar-refractivity contribution is -0.123. The molecule has 1 aromatic rings. The standard InChI is InChI=1S/C17H26N6O2/c18-15(24)13-4-3-6-22(12-13)9-5-19-16(25)14-10-20-17(21-11-14)23-7-1-2-8-23/h10-11,13H,1-9,12H2,(H2,18,24)(H,19,25)/t13-/m1/s1. The highest BCUT2D eigenvalue weighted by molar-refractivity contribution is 5.93. The van der Waals surface area contributed by atoms with Crippen LogP contribution in [0.1, 0.15) is 36.0 Å². The minimum absolute atomic E-state index is 0.0732. The van der Waals surface area contributed by atoms with Crippen molar-refractivity contribution < 1.29 is 9.59 Å². The maximum Gasteiger partial charge on any atom is 0.254 e. The van der Waals surface area contributed by atoms with Gasteiger partial charge in [-0.2, -0.15) is 0 Å². The number of likely N-dealkylation sites (tertiary alicyclic amines) is 1. The zero-order valence-electron chi connectivity index (χ0n) is 14.5. The first-order chi connectivity index (χ1) is 12.1. The topological polar surface area (TPSA) is 104 Å². The molecule has 0 unspecified atom stereocenters. The molecule has 8 heteroatoms. The Morgan fingerprint density at radius 2 is 1.88 bits per heavy atom. The molecule has 1 atom stereocenters. The molecule has 8 nitrogen and oxygen atoms in total. The van der Waals surface area contributed by atoms with Crippen LogP contribution in [0, 0.1) is 5.92 Å². The predicted octanol–water partition coefficient (Wildman–Crippen LogP) is 0.00390. The van der Waals surface area contributed by atoms with E-state index in [9.17, 15) is 9.59 Å². The van der Waals surface area contributed by atoms with Crippen LogP contribution < -0.4 is 16.0 Å². The molecule has 1 aromatic heterocycles. The fraction of sp³-hybridized carbons (Fsp3) is 0.647. The maximum atomic E-state index is 12.2. The number of rotatable bonds is 6. The predicted molar refractivity (Wildman–Crippen MR) is 94.2 cm³/mol. The number of hydrogen-bond donors (Lipinski definition) is 2. The molecule has 3 rings (SSSR count). The van der Waals surface area contributed by atoms with E-state index in [4.69, 9.17) is 5.73 Å². The van der Waals surface area contributed by atoms with Gasteiger partial charge in [-0.1, -0.05) is 0 Å². The zero-order valence-corrected chi connectivity index (χ0v) is 14.5. The molecule has 136 valence electrons. The Labute approximate surface area is 147 Å². The SMILES string of the molecule is NC(=O)[C@@H]1CCCN(CCNC(=O)c2cnc(N3CCCC3)nc2)C1. The van der Waals surface area contributed by atoms with Gasteiger partial charge < -0.3 is 20.9 Å². The molecule has 2 fully saturated rings. The van der Waals surface area contributed by atoms with Crippen molar-refractivity contribution in [2.75, 3.05) is 44.2 Å². The summed E-state index contributed by atoms with van der Waals surface area (Å²) in [6, 6.07) is 0. The van der Waals surface area contributed by atoms with Crippen molar-refractivity contribution in [1.82, 2.24) is 20.2 Å². The first-order valence-electron chi connectivity index (χ1n) is 9.00. The minimum atomic E-state index is -0.232. The van der Waals surface area contributed by atoms with Gasteiger partial charge >= 0.3 is 0 Å². The number of anilines is 1. The Morgan fingerprint density at radius 3 is 2.56 bits per heavy atom. The van der Waals surface area contributed by atoms with Gasteiger partial charge in [-0.05, 0) is 32.2 Å². The number of nitrogens with two attached hydrogens (primary N) is 1. The van der Waals surface area contributed by atoms with Gasteiger partial charge in [-0.3, -0.25) is 9.59 Å². The van der Waals surface area contributed by atoms with Crippen molar-refractivity contribution in [2.24, 2.45) is 11.7 Å². The Balaban J connectivity index is 1.43. The van der Waals surface area contributed by atoms with Gasteiger partial charge in [0.05, 0.1) is 11.5 Å². The van der Waals surface area contributed by atoms with E-state index < -0.39 is 0 Å². The Bertz CT molecular complexity index is 600. The molecular formula is C17H26N6O2. The summed E-state index contributed by atoms with van der Waals surface area (Å²) in [5.74, 6) is 0.219. The molecule has 2 aliphatic rings. The molecule has 2 amide bonds. The van der Waals surface area contributed by atoms with E-state index >= 15 is 0 Å². The molecule has 0 aromatic carbocycles. The van der Waals surface area contributed by atoms with Crippen molar-refractivity contribution in [1.29, 1.82) is 0 Å². The van der Waals surface area contributed by atoms with Gasteiger partial charge in [0.2, 0.25) is 11.9 Å². The second-order valence-electron chi connectivity index (χ2n) is 6.76. The van der Waals surface area contributed by atoms with Crippen LogP contribution in [0.3, 0.4) is 0 Å². The molecule has 2 saturated heterocycles. The number of amides is 2. The average molecular weight is 346 g/mol. The summed E-state index contributed by atoms with van der Waals surface area (Å²) in [5, 5.41) is 2.89. The summed E-state index contributed by atoms with van der Waals surface area (Å²) < 4.78 is 0. The summed E-state index contributed by atoms with van der Waals surface area (Å²) in [6.07, 6.45) is 7.32. The molecule has 0 spiro atoms. The second-order valence-corrected chi connectivity index (χ2v) is 6.76. The van der Waals surface area contributed by atoms with E-state index in [0.29, 0.717) is 31.1 Å². The molecular weight excluding hydrogens is 320 g/mol. The van der Waals surface area contributed by atoms with Crippen LogP contribution in [-0.4, -0.2) is 66.0 Å². The van der Waals surface area contributed by atoms with Crippen molar-refractivity contribution in [3.05, 3.63) is 18.0 Å². The molecule has 0 bridgehead atoms. The first-order valence-corrected chi connectivity index (χ1v) is 9.00. The number of hydrogen-bond acceptors (Lipinski definition) is 6. The number of carbonyl (C=O) groups excluding carboxylic acids is 2. The van der Waals surface area contributed by atoms with Gasteiger partial charge in [0.1, 0.15) is 0 Å². The molecule has 3 heterocycles. The zero-order chi connectivity index (χ0) is 17.6. The number of primary amides is 1. The van der Waals surface area contributed by atoms with Gasteiger partial charge in [-0.15, -0.1) is 0 Å². The van der Waals surface area contributed by atoms with Crippen molar-refractivity contribution >= 4 is 17.8 Å². The second kappa shape index (κ2) is 8.24. The van der Waals surface area contributed by atoms with Gasteiger partial charge in [-0.25, -0.2) is 9.97 Å². The third-order valence-electron chi connectivity index (χ3n) is 4.91.